The standard InChI is InChI=1S/C23H20Cl2N2O2S/c1-16(30-22-11-7-19(24)8-12-22)23(28)27-26-14-17-5-9-21(10-6-17)29-15-18-3-2-4-20(25)13-18/h2-14,16H,15H2,1H3,(H,27,28)/b26-14-/t16-/m0/s1. The zero-order chi connectivity index (χ0) is 21.3. The molecule has 1 atom stereocenters. The minimum absolute atomic E-state index is 0.173. The smallest absolute Gasteiger partial charge is 0.253 e. The fourth-order valence-electron chi connectivity index (χ4n) is 2.48. The second kappa shape index (κ2) is 11.1. The first kappa shape index (κ1) is 22.2. The molecule has 1 N–H and O–H groups in total. The average Bonchev–Trinajstić information content (AvgIpc) is 2.75. The van der Waals surface area contributed by atoms with E-state index in [0.717, 1.165) is 21.8 Å². The molecule has 0 aromatic heterocycles. The molecule has 154 valence electrons. The molecular formula is C23H20Cl2N2O2S. The van der Waals surface area contributed by atoms with Crippen molar-refractivity contribution in [2.75, 3.05) is 0 Å². The summed E-state index contributed by atoms with van der Waals surface area (Å²) in [6.07, 6.45) is 1.60. The molecular weight excluding hydrogens is 439 g/mol. The van der Waals surface area contributed by atoms with Crippen LogP contribution in [0.1, 0.15) is 18.1 Å². The van der Waals surface area contributed by atoms with Crippen LogP contribution in [0, 0.1) is 0 Å². The van der Waals surface area contributed by atoms with Gasteiger partial charge in [-0.05, 0) is 78.7 Å². The van der Waals surface area contributed by atoms with Gasteiger partial charge in [0.15, 0.2) is 0 Å². The highest BCUT2D eigenvalue weighted by atomic mass is 35.5. The average molecular weight is 459 g/mol. The Labute approximate surface area is 190 Å². The van der Waals surface area contributed by atoms with Gasteiger partial charge in [-0.3, -0.25) is 4.79 Å². The monoisotopic (exact) mass is 458 g/mol. The molecule has 1 amide bonds. The summed E-state index contributed by atoms with van der Waals surface area (Å²) >= 11 is 13.3. The molecule has 0 aliphatic heterocycles. The Kier molecular flexibility index (Phi) is 8.20. The minimum atomic E-state index is -0.286. The summed E-state index contributed by atoms with van der Waals surface area (Å²) in [6, 6.07) is 22.4. The molecule has 3 aromatic carbocycles. The number of ether oxygens (including phenoxy) is 1. The highest BCUT2D eigenvalue weighted by molar-refractivity contribution is 8.00. The third kappa shape index (κ3) is 7.10. The van der Waals surface area contributed by atoms with E-state index in [2.05, 4.69) is 10.5 Å². The van der Waals surface area contributed by atoms with E-state index in [-0.39, 0.29) is 11.2 Å². The summed E-state index contributed by atoms with van der Waals surface area (Å²) in [5.41, 5.74) is 4.42. The fraction of sp³-hybridized carbons (Fsp3) is 0.130. The van der Waals surface area contributed by atoms with Gasteiger partial charge >= 0.3 is 0 Å². The van der Waals surface area contributed by atoms with Crippen molar-refractivity contribution in [3.63, 3.8) is 0 Å². The summed E-state index contributed by atoms with van der Waals surface area (Å²) in [6.45, 7) is 2.27. The van der Waals surface area contributed by atoms with E-state index in [4.69, 9.17) is 27.9 Å². The van der Waals surface area contributed by atoms with Crippen molar-refractivity contribution in [2.45, 2.75) is 23.7 Å². The summed E-state index contributed by atoms with van der Waals surface area (Å²) in [4.78, 5) is 13.2. The van der Waals surface area contributed by atoms with E-state index >= 15 is 0 Å². The Hall–Kier alpha value is -2.47. The number of nitrogens with one attached hydrogen (secondary N) is 1. The van der Waals surface area contributed by atoms with Crippen LogP contribution in [0.4, 0.5) is 0 Å². The van der Waals surface area contributed by atoms with E-state index in [1.165, 1.54) is 11.8 Å². The van der Waals surface area contributed by atoms with Crippen LogP contribution in [0.2, 0.25) is 10.0 Å². The van der Waals surface area contributed by atoms with Gasteiger partial charge in [0.1, 0.15) is 12.4 Å². The number of nitrogens with zero attached hydrogens (tertiary/aromatic N) is 1. The van der Waals surface area contributed by atoms with Crippen LogP contribution in [-0.2, 0) is 11.4 Å². The number of hydrazone groups is 1. The van der Waals surface area contributed by atoms with Crippen LogP contribution in [0.5, 0.6) is 5.75 Å². The number of halogens is 2. The van der Waals surface area contributed by atoms with Crippen molar-refractivity contribution in [1.29, 1.82) is 0 Å². The van der Waals surface area contributed by atoms with Gasteiger partial charge in [-0.15, -0.1) is 11.8 Å². The Balaban J connectivity index is 1.46. The predicted octanol–water partition coefficient (Wildman–Crippen LogP) is 6.20. The molecule has 0 bridgehead atoms. The first-order valence-electron chi connectivity index (χ1n) is 9.22. The van der Waals surface area contributed by atoms with E-state index in [9.17, 15) is 4.79 Å². The summed E-state index contributed by atoms with van der Waals surface area (Å²) in [7, 11) is 0. The number of carbonyl (C=O) groups is 1. The maximum atomic E-state index is 12.2. The van der Waals surface area contributed by atoms with Gasteiger partial charge in [-0.2, -0.15) is 5.10 Å². The normalized spacial score (nSPS) is 12.0. The van der Waals surface area contributed by atoms with Gasteiger partial charge in [-0.25, -0.2) is 5.43 Å². The van der Waals surface area contributed by atoms with Crippen LogP contribution in [0.3, 0.4) is 0 Å². The molecule has 0 spiro atoms. The van der Waals surface area contributed by atoms with Crippen molar-refractivity contribution in [3.8, 4) is 5.75 Å². The number of amides is 1. The first-order valence-corrected chi connectivity index (χ1v) is 10.9. The van der Waals surface area contributed by atoms with E-state index in [1.54, 1.807) is 18.3 Å². The summed E-state index contributed by atoms with van der Waals surface area (Å²) in [5.74, 6) is 0.567. The lowest BCUT2D eigenvalue weighted by molar-refractivity contribution is -0.120. The van der Waals surface area contributed by atoms with Gasteiger partial charge in [0, 0.05) is 14.9 Å². The largest absolute Gasteiger partial charge is 0.489 e. The van der Waals surface area contributed by atoms with E-state index in [1.807, 2.05) is 67.6 Å². The first-order chi connectivity index (χ1) is 14.5. The zero-order valence-corrected chi connectivity index (χ0v) is 18.5. The van der Waals surface area contributed by atoms with Gasteiger partial charge in [0.25, 0.3) is 5.91 Å². The lowest BCUT2D eigenvalue weighted by atomic mass is 10.2. The highest BCUT2D eigenvalue weighted by Crippen LogP contribution is 2.24. The third-order valence-electron chi connectivity index (χ3n) is 4.06. The highest BCUT2D eigenvalue weighted by Gasteiger charge is 2.13. The number of hydrogen-bond donors (Lipinski definition) is 1. The number of hydrogen-bond acceptors (Lipinski definition) is 4. The van der Waals surface area contributed by atoms with Crippen LogP contribution >= 0.6 is 35.0 Å². The molecule has 0 fully saturated rings. The Morgan fingerprint density at radius 1 is 1.07 bits per heavy atom. The molecule has 7 heteroatoms. The van der Waals surface area contributed by atoms with Crippen LogP contribution < -0.4 is 10.2 Å². The van der Waals surface area contributed by atoms with Gasteiger partial charge in [0.2, 0.25) is 0 Å². The molecule has 0 unspecified atom stereocenters. The minimum Gasteiger partial charge on any atom is -0.489 e. The van der Waals surface area contributed by atoms with E-state index < -0.39 is 0 Å². The molecule has 4 nitrogen and oxygen atoms in total. The second-order valence-electron chi connectivity index (χ2n) is 6.44. The number of rotatable bonds is 8. The SMILES string of the molecule is C[C@H](Sc1ccc(Cl)cc1)C(=O)N/N=C\c1ccc(OCc2cccc(Cl)c2)cc1. The number of carbonyl (C=O) groups excluding carboxylic acids is 1. The van der Waals surface area contributed by atoms with E-state index in [0.29, 0.717) is 16.7 Å². The van der Waals surface area contributed by atoms with Crippen LogP contribution in [-0.4, -0.2) is 17.4 Å². The lowest BCUT2D eigenvalue weighted by Gasteiger charge is -2.09. The Bertz CT molecular complexity index is 1010. The molecule has 0 aliphatic carbocycles. The van der Waals surface area contributed by atoms with Crippen molar-refractivity contribution < 1.29 is 9.53 Å². The zero-order valence-electron chi connectivity index (χ0n) is 16.2. The van der Waals surface area contributed by atoms with Crippen molar-refractivity contribution >= 4 is 47.1 Å². The topological polar surface area (TPSA) is 50.7 Å². The van der Waals surface area contributed by atoms with Crippen molar-refractivity contribution in [1.82, 2.24) is 5.43 Å². The summed E-state index contributed by atoms with van der Waals surface area (Å²) < 4.78 is 5.76. The predicted molar refractivity (Wildman–Crippen MR) is 125 cm³/mol. The van der Waals surface area contributed by atoms with Crippen molar-refractivity contribution in [2.24, 2.45) is 5.10 Å². The molecule has 3 rings (SSSR count). The third-order valence-corrected chi connectivity index (χ3v) is 5.66. The lowest BCUT2D eigenvalue weighted by Crippen LogP contribution is -2.26. The Morgan fingerprint density at radius 3 is 2.50 bits per heavy atom. The molecule has 0 saturated heterocycles. The van der Waals surface area contributed by atoms with Gasteiger partial charge in [-0.1, -0.05) is 35.3 Å². The Morgan fingerprint density at radius 2 is 1.80 bits per heavy atom. The number of benzene rings is 3. The number of thioether (sulfide) groups is 1. The fourth-order valence-corrected chi connectivity index (χ4v) is 3.68. The maximum Gasteiger partial charge on any atom is 0.253 e. The van der Waals surface area contributed by atoms with Crippen LogP contribution in [0.25, 0.3) is 0 Å². The van der Waals surface area contributed by atoms with Crippen molar-refractivity contribution in [3.05, 3.63) is 94.0 Å². The van der Waals surface area contributed by atoms with Gasteiger partial charge in [0.05, 0.1) is 11.5 Å². The quantitative estimate of drug-likeness (QED) is 0.248. The molecule has 0 heterocycles. The molecule has 0 radical (unpaired) electrons. The second-order valence-corrected chi connectivity index (χ2v) is 8.72. The molecule has 0 aliphatic rings. The molecule has 0 saturated carbocycles. The maximum absolute atomic E-state index is 12.2. The molecule has 30 heavy (non-hydrogen) atoms. The van der Waals surface area contributed by atoms with Gasteiger partial charge < -0.3 is 4.74 Å². The summed E-state index contributed by atoms with van der Waals surface area (Å²) in [5, 5.41) is 5.10. The van der Waals surface area contributed by atoms with Crippen LogP contribution in [0.15, 0.2) is 82.8 Å². The molecule has 3 aromatic rings.